The molecule has 3 aromatic carbocycles. The van der Waals surface area contributed by atoms with Crippen LogP contribution in [0.4, 0.5) is 0 Å². The van der Waals surface area contributed by atoms with E-state index in [9.17, 15) is 4.55 Å². The SMILES string of the molecule is [O-][s+]1c(-c2ccc(Cl)cc2)c(-c2ccc(OCCN3CCCCC3)cc2)c2ccccc21. The van der Waals surface area contributed by atoms with Crippen molar-refractivity contribution in [2.75, 3.05) is 26.2 Å². The van der Waals surface area contributed by atoms with Crippen molar-refractivity contribution in [1.29, 1.82) is 0 Å². The molecule has 1 saturated heterocycles. The number of hydrogen-bond acceptors (Lipinski definition) is 3. The number of piperidine rings is 1. The Morgan fingerprint density at radius 3 is 2.28 bits per heavy atom. The largest absolute Gasteiger partial charge is 0.590 e. The number of hydrogen-bond donors (Lipinski definition) is 0. The van der Waals surface area contributed by atoms with Crippen molar-refractivity contribution in [3.05, 3.63) is 77.8 Å². The Balaban J connectivity index is 1.43. The number of fused-ring (bicyclic) bond motifs is 1. The van der Waals surface area contributed by atoms with Crippen LogP contribution in [0.3, 0.4) is 0 Å². The summed E-state index contributed by atoms with van der Waals surface area (Å²) in [7, 11) is -1.24. The first kappa shape index (κ1) is 21.5. The molecule has 0 aliphatic carbocycles. The lowest BCUT2D eigenvalue weighted by molar-refractivity contribution is 0.183. The minimum Gasteiger partial charge on any atom is -0.590 e. The fraction of sp³-hybridized carbons (Fsp3) is 0.259. The van der Waals surface area contributed by atoms with Gasteiger partial charge in [0, 0.05) is 22.5 Å². The lowest BCUT2D eigenvalue weighted by atomic mass is 9.99. The number of halogens is 1. The first-order valence-corrected chi connectivity index (χ1v) is 12.7. The van der Waals surface area contributed by atoms with Gasteiger partial charge in [-0.2, -0.15) is 0 Å². The van der Waals surface area contributed by atoms with Gasteiger partial charge < -0.3 is 9.29 Å². The Morgan fingerprint density at radius 2 is 1.53 bits per heavy atom. The second-order valence-corrected chi connectivity index (χ2v) is 10.1. The number of benzene rings is 3. The Bertz CT molecular complexity index is 1200. The van der Waals surface area contributed by atoms with Crippen molar-refractivity contribution in [2.24, 2.45) is 0 Å². The maximum Gasteiger partial charge on any atom is 0.188 e. The minimum atomic E-state index is -1.24. The van der Waals surface area contributed by atoms with Crippen LogP contribution in [0.2, 0.25) is 5.02 Å². The smallest absolute Gasteiger partial charge is 0.188 e. The van der Waals surface area contributed by atoms with Crippen molar-refractivity contribution < 1.29 is 9.29 Å². The Morgan fingerprint density at radius 1 is 0.844 bits per heavy atom. The summed E-state index contributed by atoms with van der Waals surface area (Å²) in [5.41, 5.74) is 2.98. The maximum atomic E-state index is 13.4. The number of likely N-dealkylation sites (tertiary alicyclic amines) is 1. The van der Waals surface area contributed by atoms with Crippen LogP contribution in [0.25, 0.3) is 31.7 Å². The second kappa shape index (κ2) is 9.63. The summed E-state index contributed by atoms with van der Waals surface area (Å²) < 4.78 is 20.3. The van der Waals surface area contributed by atoms with Gasteiger partial charge >= 0.3 is 0 Å². The molecule has 1 aliphatic rings. The van der Waals surface area contributed by atoms with Gasteiger partial charge in [0.05, 0.1) is 5.56 Å². The van der Waals surface area contributed by atoms with Crippen molar-refractivity contribution in [3.63, 3.8) is 0 Å². The minimum absolute atomic E-state index is 0.670. The second-order valence-electron chi connectivity index (χ2n) is 8.25. The maximum absolute atomic E-state index is 13.4. The summed E-state index contributed by atoms with van der Waals surface area (Å²) in [5.74, 6) is 0.867. The Kier molecular flexibility index (Phi) is 6.47. The van der Waals surface area contributed by atoms with Gasteiger partial charge in [-0.15, -0.1) is 0 Å². The Labute approximate surface area is 197 Å². The third kappa shape index (κ3) is 4.41. The van der Waals surface area contributed by atoms with E-state index in [1.54, 1.807) is 0 Å². The standard InChI is InChI=1S/C27H26ClNO2S/c28-22-12-8-21(9-13-22)27-26(24-6-2-3-7-25(24)32(27)30)20-10-14-23(15-11-20)31-19-18-29-16-4-1-5-17-29/h2-3,6-15H,1,4-5,16-19H2. The number of ether oxygens (including phenoxy) is 1. The molecule has 32 heavy (non-hydrogen) atoms. The molecule has 5 heteroatoms. The highest BCUT2D eigenvalue weighted by Gasteiger charge is 2.25. The molecule has 1 aromatic heterocycles. The Hall–Kier alpha value is -2.37. The highest BCUT2D eigenvalue weighted by molar-refractivity contribution is 7.35. The van der Waals surface area contributed by atoms with Gasteiger partial charge in [-0.25, -0.2) is 0 Å². The molecule has 1 atom stereocenters. The van der Waals surface area contributed by atoms with Gasteiger partial charge in [-0.1, -0.05) is 42.3 Å². The topological polar surface area (TPSA) is 35.5 Å². The zero-order valence-electron chi connectivity index (χ0n) is 17.9. The van der Waals surface area contributed by atoms with Crippen molar-refractivity contribution >= 4 is 32.4 Å². The molecular formula is C27H26ClNO2S. The molecular weight excluding hydrogens is 438 g/mol. The van der Waals surface area contributed by atoms with E-state index in [1.165, 1.54) is 32.4 Å². The average Bonchev–Trinajstić information content (AvgIpc) is 3.13. The normalized spacial score (nSPS) is 15.2. The molecule has 164 valence electrons. The molecule has 4 aromatic rings. The van der Waals surface area contributed by atoms with E-state index in [4.69, 9.17) is 16.3 Å². The molecule has 0 spiro atoms. The van der Waals surface area contributed by atoms with Crippen molar-refractivity contribution in [3.8, 4) is 27.3 Å². The van der Waals surface area contributed by atoms with Gasteiger partial charge in [0.1, 0.15) is 12.4 Å². The van der Waals surface area contributed by atoms with Crippen molar-refractivity contribution in [2.45, 2.75) is 19.3 Å². The fourth-order valence-corrected chi connectivity index (χ4v) is 6.17. The molecule has 0 radical (unpaired) electrons. The number of nitrogens with zero attached hydrogens (tertiary/aromatic N) is 1. The predicted octanol–water partition coefficient (Wildman–Crippen LogP) is 7.42. The van der Waals surface area contributed by atoms with E-state index in [1.807, 2.05) is 54.6 Å². The van der Waals surface area contributed by atoms with E-state index in [0.29, 0.717) is 11.6 Å². The number of rotatable bonds is 6. The zero-order chi connectivity index (χ0) is 21.9. The summed E-state index contributed by atoms with van der Waals surface area (Å²) in [6, 6.07) is 23.7. The van der Waals surface area contributed by atoms with E-state index in [2.05, 4.69) is 23.1 Å². The van der Waals surface area contributed by atoms with E-state index < -0.39 is 10.8 Å². The highest BCUT2D eigenvalue weighted by Crippen LogP contribution is 2.49. The number of thiophene rings is 1. The molecule has 3 nitrogen and oxygen atoms in total. The molecule has 0 saturated carbocycles. The molecule has 1 fully saturated rings. The monoisotopic (exact) mass is 463 g/mol. The fourth-order valence-electron chi connectivity index (χ4n) is 4.49. The van der Waals surface area contributed by atoms with Crippen LogP contribution in [0.1, 0.15) is 19.3 Å². The molecule has 0 N–H and O–H groups in total. The van der Waals surface area contributed by atoms with Gasteiger partial charge in [0.2, 0.25) is 0 Å². The third-order valence-corrected chi connectivity index (χ3v) is 7.96. The van der Waals surface area contributed by atoms with Gasteiger partial charge in [0.25, 0.3) is 0 Å². The summed E-state index contributed by atoms with van der Waals surface area (Å²) in [6.45, 7) is 4.03. The van der Waals surface area contributed by atoms with E-state index >= 15 is 0 Å². The lowest BCUT2D eigenvalue weighted by Crippen LogP contribution is -2.33. The van der Waals surface area contributed by atoms with Crippen LogP contribution in [0.5, 0.6) is 5.75 Å². The van der Waals surface area contributed by atoms with Crippen LogP contribution < -0.4 is 4.74 Å². The summed E-state index contributed by atoms with van der Waals surface area (Å²) >= 11 is 6.10. The molecule has 0 bridgehead atoms. The zero-order valence-corrected chi connectivity index (χ0v) is 19.5. The summed E-state index contributed by atoms with van der Waals surface area (Å²) in [6.07, 6.45) is 3.94. The molecule has 2 heterocycles. The van der Waals surface area contributed by atoms with Crippen LogP contribution in [0, 0.1) is 0 Å². The molecule has 5 rings (SSSR count). The van der Waals surface area contributed by atoms with Crippen LogP contribution in [0.15, 0.2) is 72.8 Å². The van der Waals surface area contributed by atoms with Gasteiger partial charge in [-0.05, 0) is 90.8 Å². The van der Waals surface area contributed by atoms with Gasteiger partial charge in [-0.3, -0.25) is 4.90 Å². The lowest BCUT2D eigenvalue weighted by Gasteiger charge is -2.26. The first-order chi connectivity index (χ1) is 15.7. The predicted molar refractivity (Wildman–Crippen MR) is 134 cm³/mol. The first-order valence-electron chi connectivity index (χ1n) is 11.2. The van der Waals surface area contributed by atoms with Gasteiger partial charge in [0.15, 0.2) is 9.58 Å². The van der Waals surface area contributed by atoms with Crippen LogP contribution >= 0.6 is 22.4 Å². The van der Waals surface area contributed by atoms with Crippen molar-refractivity contribution in [1.82, 2.24) is 4.90 Å². The third-order valence-electron chi connectivity index (χ3n) is 6.14. The van der Waals surface area contributed by atoms with Crippen LogP contribution in [-0.2, 0) is 0 Å². The molecule has 0 amide bonds. The average molecular weight is 464 g/mol. The summed E-state index contributed by atoms with van der Waals surface area (Å²) in [5, 5.41) is 1.69. The van der Waals surface area contributed by atoms with E-state index in [0.717, 1.165) is 43.9 Å². The summed E-state index contributed by atoms with van der Waals surface area (Å²) in [4.78, 5) is 3.31. The molecule has 1 aliphatic heterocycles. The van der Waals surface area contributed by atoms with E-state index in [-0.39, 0.29) is 0 Å². The highest BCUT2D eigenvalue weighted by atomic mass is 35.5. The molecule has 1 unspecified atom stereocenters. The van der Waals surface area contributed by atoms with Crippen LogP contribution in [-0.4, -0.2) is 35.7 Å². The quantitative estimate of drug-likeness (QED) is 0.279.